The van der Waals surface area contributed by atoms with Crippen molar-refractivity contribution in [3.63, 3.8) is 0 Å². The minimum atomic E-state index is 0.558. The summed E-state index contributed by atoms with van der Waals surface area (Å²) in [6.07, 6.45) is 11.1. The maximum atomic E-state index is 5.98. The summed E-state index contributed by atoms with van der Waals surface area (Å²) in [7, 11) is 0. The highest BCUT2D eigenvalue weighted by atomic mass is 32.1. The quantitative estimate of drug-likeness (QED) is 0.490. The van der Waals surface area contributed by atoms with E-state index in [2.05, 4.69) is 26.5 Å². The Morgan fingerprint density at radius 2 is 1.94 bits per heavy atom. The van der Waals surface area contributed by atoms with Crippen molar-refractivity contribution in [3.8, 4) is 0 Å². The molecule has 2 atom stereocenters. The summed E-state index contributed by atoms with van der Waals surface area (Å²) in [5.74, 6) is 2.66. The smallest absolute Gasteiger partial charge is 0.0603 e. The molecule has 1 rings (SSSR count). The van der Waals surface area contributed by atoms with Gasteiger partial charge in [0.05, 0.1) is 6.10 Å². The Kier molecular flexibility index (Phi) is 8.38. The Morgan fingerprint density at radius 1 is 1.12 bits per heavy atom. The van der Waals surface area contributed by atoms with Crippen molar-refractivity contribution in [2.24, 2.45) is 11.8 Å². The molecule has 1 heterocycles. The molecular formula is C15H30OS. The summed E-state index contributed by atoms with van der Waals surface area (Å²) < 4.78 is 5.98. The molecule has 0 spiro atoms. The van der Waals surface area contributed by atoms with Crippen LogP contribution in [0, 0.1) is 11.8 Å². The lowest BCUT2D eigenvalue weighted by Gasteiger charge is -2.31. The molecule has 2 unspecified atom stereocenters. The van der Waals surface area contributed by atoms with E-state index in [1.165, 1.54) is 51.4 Å². The van der Waals surface area contributed by atoms with Gasteiger partial charge in [-0.15, -0.1) is 0 Å². The minimum Gasteiger partial charge on any atom is -0.378 e. The highest BCUT2D eigenvalue weighted by Crippen LogP contribution is 2.29. The van der Waals surface area contributed by atoms with Gasteiger partial charge in [-0.05, 0) is 56.1 Å². The summed E-state index contributed by atoms with van der Waals surface area (Å²) in [4.78, 5) is 0. The van der Waals surface area contributed by atoms with Gasteiger partial charge in [-0.25, -0.2) is 0 Å². The van der Waals surface area contributed by atoms with E-state index in [1.807, 2.05) is 0 Å². The molecule has 0 radical (unpaired) electrons. The van der Waals surface area contributed by atoms with Gasteiger partial charge in [0.1, 0.15) is 0 Å². The highest BCUT2D eigenvalue weighted by molar-refractivity contribution is 7.80. The predicted octanol–water partition coefficient (Wildman–Crippen LogP) is 4.71. The second kappa shape index (κ2) is 9.27. The van der Waals surface area contributed by atoms with Crippen LogP contribution in [0.2, 0.25) is 0 Å². The summed E-state index contributed by atoms with van der Waals surface area (Å²) in [6, 6.07) is 0. The number of rotatable bonds is 8. The minimum absolute atomic E-state index is 0.558. The van der Waals surface area contributed by atoms with Gasteiger partial charge >= 0.3 is 0 Å². The molecule has 0 aromatic heterocycles. The van der Waals surface area contributed by atoms with Crippen LogP contribution in [-0.4, -0.2) is 18.5 Å². The summed E-state index contributed by atoms with van der Waals surface area (Å²) >= 11 is 4.30. The lowest BCUT2D eigenvalue weighted by Crippen LogP contribution is -2.28. The van der Waals surface area contributed by atoms with Crippen LogP contribution in [0.3, 0.4) is 0 Å². The summed E-state index contributed by atoms with van der Waals surface area (Å²) in [5, 5.41) is 0. The van der Waals surface area contributed by atoms with Crippen molar-refractivity contribution >= 4 is 12.6 Å². The molecule has 0 amide bonds. The monoisotopic (exact) mass is 258 g/mol. The molecule has 1 fully saturated rings. The Balaban J connectivity index is 2.33. The maximum Gasteiger partial charge on any atom is 0.0603 e. The molecule has 0 bridgehead atoms. The standard InChI is InChI=1S/C15H30OS/c1-13(2)9-10-14(7-4-6-12-17)15-8-3-5-11-16-15/h13-15,17H,3-12H2,1-2H3. The average Bonchev–Trinajstić information content (AvgIpc) is 2.34. The Labute approximate surface area is 113 Å². The normalized spacial score (nSPS) is 22.9. The van der Waals surface area contributed by atoms with Crippen molar-refractivity contribution in [2.45, 2.75) is 71.3 Å². The van der Waals surface area contributed by atoms with Crippen LogP contribution >= 0.6 is 12.6 Å². The molecule has 102 valence electrons. The molecule has 0 aliphatic carbocycles. The van der Waals surface area contributed by atoms with Gasteiger partial charge in [0.2, 0.25) is 0 Å². The van der Waals surface area contributed by atoms with Gasteiger partial charge in [0.25, 0.3) is 0 Å². The van der Waals surface area contributed by atoms with Gasteiger partial charge in [-0.2, -0.15) is 12.6 Å². The molecule has 1 nitrogen and oxygen atoms in total. The van der Waals surface area contributed by atoms with Gasteiger partial charge < -0.3 is 4.74 Å². The number of thiol groups is 1. The lowest BCUT2D eigenvalue weighted by atomic mass is 9.86. The number of hydrogen-bond donors (Lipinski definition) is 1. The SMILES string of the molecule is CC(C)CCC(CCCCS)C1CCCCO1. The van der Waals surface area contributed by atoms with E-state index in [9.17, 15) is 0 Å². The Hall–Kier alpha value is 0.310. The van der Waals surface area contributed by atoms with E-state index in [1.54, 1.807) is 0 Å². The Bertz CT molecular complexity index is 176. The topological polar surface area (TPSA) is 9.23 Å². The van der Waals surface area contributed by atoms with E-state index in [0.717, 1.165) is 24.2 Å². The molecular weight excluding hydrogens is 228 g/mol. The van der Waals surface area contributed by atoms with Crippen molar-refractivity contribution < 1.29 is 4.74 Å². The van der Waals surface area contributed by atoms with E-state index in [-0.39, 0.29) is 0 Å². The summed E-state index contributed by atoms with van der Waals surface area (Å²) in [5.41, 5.74) is 0. The first-order valence-electron chi connectivity index (χ1n) is 7.46. The van der Waals surface area contributed by atoms with Crippen LogP contribution in [0.15, 0.2) is 0 Å². The van der Waals surface area contributed by atoms with E-state index in [4.69, 9.17) is 4.74 Å². The van der Waals surface area contributed by atoms with Crippen LogP contribution in [0.4, 0.5) is 0 Å². The fourth-order valence-corrected chi connectivity index (χ4v) is 2.94. The molecule has 1 saturated heterocycles. The number of unbranched alkanes of at least 4 members (excludes halogenated alkanes) is 1. The number of ether oxygens (including phenoxy) is 1. The molecule has 0 saturated carbocycles. The van der Waals surface area contributed by atoms with Crippen LogP contribution < -0.4 is 0 Å². The molecule has 0 aromatic carbocycles. The zero-order valence-electron chi connectivity index (χ0n) is 11.7. The largest absolute Gasteiger partial charge is 0.378 e. The third-order valence-corrected chi connectivity index (χ3v) is 4.15. The zero-order valence-corrected chi connectivity index (χ0v) is 12.6. The van der Waals surface area contributed by atoms with Crippen LogP contribution in [0.1, 0.15) is 65.2 Å². The molecule has 17 heavy (non-hydrogen) atoms. The third-order valence-electron chi connectivity index (χ3n) is 3.84. The first-order chi connectivity index (χ1) is 8.24. The zero-order chi connectivity index (χ0) is 12.5. The predicted molar refractivity (Wildman–Crippen MR) is 78.9 cm³/mol. The maximum absolute atomic E-state index is 5.98. The van der Waals surface area contributed by atoms with Crippen LogP contribution in [0.25, 0.3) is 0 Å². The van der Waals surface area contributed by atoms with Gasteiger partial charge in [-0.1, -0.05) is 26.7 Å². The van der Waals surface area contributed by atoms with E-state index >= 15 is 0 Å². The van der Waals surface area contributed by atoms with E-state index < -0.39 is 0 Å². The first kappa shape index (κ1) is 15.4. The lowest BCUT2D eigenvalue weighted by molar-refractivity contribution is -0.0270. The molecule has 0 aromatic rings. The van der Waals surface area contributed by atoms with Crippen LogP contribution in [-0.2, 0) is 4.74 Å². The molecule has 1 aliphatic rings. The fraction of sp³-hybridized carbons (Fsp3) is 1.00. The van der Waals surface area contributed by atoms with Gasteiger partial charge in [-0.3, -0.25) is 0 Å². The summed E-state index contributed by atoms with van der Waals surface area (Å²) in [6.45, 7) is 5.65. The fourth-order valence-electron chi connectivity index (χ4n) is 2.72. The highest BCUT2D eigenvalue weighted by Gasteiger charge is 2.23. The van der Waals surface area contributed by atoms with E-state index in [0.29, 0.717) is 6.10 Å². The second-order valence-corrected chi connectivity index (χ2v) is 6.30. The number of hydrogen-bond acceptors (Lipinski definition) is 2. The average molecular weight is 258 g/mol. The molecule has 0 N–H and O–H groups in total. The van der Waals surface area contributed by atoms with Gasteiger partial charge in [0, 0.05) is 6.61 Å². The van der Waals surface area contributed by atoms with Crippen molar-refractivity contribution in [2.75, 3.05) is 12.4 Å². The Morgan fingerprint density at radius 3 is 2.53 bits per heavy atom. The van der Waals surface area contributed by atoms with Crippen molar-refractivity contribution in [1.82, 2.24) is 0 Å². The van der Waals surface area contributed by atoms with Crippen LogP contribution in [0.5, 0.6) is 0 Å². The third kappa shape index (κ3) is 6.71. The first-order valence-corrected chi connectivity index (χ1v) is 8.09. The van der Waals surface area contributed by atoms with Gasteiger partial charge in [0.15, 0.2) is 0 Å². The second-order valence-electron chi connectivity index (χ2n) is 5.86. The molecule has 2 heteroatoms. The van der Waals surface area contributed by atoms with Crippen molar-refractivity contribution in [3.05, 3.63) is 0 Å². The molecule has 1 aliphatic heterocycles. The van der Waals surface area contributed by atoms with Crippen molar-refractivity contribution in [1.29, 1.82) is 0 Å².